The summed E-state index contributed by atoms with van der Waals surface area (Å²) in [6.07, 6.45) is -31.6. The first-order valence-corrected chi connectivity index (χ1v) is 21.6. The lowest BCUT2D eigenvalue weighted by Gasteiger charge is -2.23. The monoisotopic (exact) mass is 1040 g/mol. The van der Waals surface area contributed by atoms with Gasteiger partial charge in [-0.25, -0.2) is 0 Å². The molecule has 10 rings (SSSR count). The predicted octanol–water partition coefficient (Wildman–Crippen LogP) is 19.0. The van der Waals surface area contributed by atoms with Gasteiger partial charge in [-0.2, -0.15) is 79.0 Å². The first-order chi connectivity index (χ1) is 34.5. The highest BCUT2D eigenvalue weighted by atomic mass is 19.4. The number of benzene rings is 8. The number of halogens is 18. The quantitative estimate of drug-likeness (QED) is 0.152. The van der Waals surface area contributed by atoms with Crippen molar-refractivity contribution in [2.24, 2.45) is 0 Å². The van der Waals surface area contributed by atoms with Crippen LogP contribution < -0.4 is 0 Å². The molecule has 2 aromatic heterocycles. The van der Waals surface area contributed by atoms with Gasteiger partial charge in [-0.15, -0.1) is 0 Å². The second-order valence-electron chi connectivity index (χ2n) is 17.1. The molecule has 20 heteroatoms. The minimum atomic E-state index is -5.38. The molecule has 2 heterocycles. The molecule has 8 aromatic carbocycles. The van der Waals surface area contributed by atoms with Crippen LogP contribution in [-0.2, 0) is 37.1 Å². The van der Waals surface area contributed by atoms with Gasteiger partial charge in [0.25, 0.3) is 0 Å². The lowest BCUT2D eigenvalue weighted by molar-refractivity contribution is -0.144. The van der Waals surface area contributed by atoms with Crippen LogP contribution in [0.3, 0.4) is 0 Å². The molecular formula is C54H26F18N2. The van der Waals surface area contributed by atoms with E-state index >= 15 is 13.2 Å². The zero-order valence-corrected chi connectivity index (χ0v) is 36.7. The Kier molecular flexibility index (Phi) is 11.3. The van der Waals surface area contributed by atoms with Crippen LogP contribution in [0.5, 0.6) is 0 Å². The van der Waals surface area contributed by atoms with E-state index in [0.717, 1.165) is 30.3 Å². The molecule has 0 radical (unpaired) electrons. The van der Waals surface area contributed by atoms with E-state index in [0.29, 0.717) is 47.9 Å². The van der Waals surface area contributed by atoms with Gasteiger partial charge in [-0.05, 0) is 106 Å². The molecule has 0 aliphatic rings. The van der Waals surface area contributed by atoms with Gasteiger partial charge in [0, 0.05) is 21.5 Å². The number of alkyl halides is 18. The van der Waals surface area contributed by atoms with Gasteiger partial charge in [-0.1, -0.05) is 84.9 Å². The Balaban J connectivity index is 1.36. The van der Waals surface area contributed by atoms with Crippen molar-refractivity contribution < 1.29 is 79.0 Å². The molecule has 10 aromatic rings. The Hall–Kier alpha value is -7.90. The first-order valence-electron chi connectivity index (χ1n) is 21.6. The van der Waals surface area contributed by atoms with Gasteiger partial charge in [0.15, 0.2) is 0 Å². The summed E-state index contributed by atoms with van der Waals surface area (Å²) >= 11 is 0. The molecule has 0 amide bonds. The Morgan fingerprint density at radius 1 is 0.243 bits per heavy atom. The fraction of sp³-hybridized carbons (Fsp3) is 0.111. The lowest BCUT2D eigenvalue weighted by Crippen LogP contribution is -2.13. The summed E-state index contributed by atoms with van der Waals surface area (Å²) in [5.74, 6) is 0. The van der Waals surface area contributed by atoms with Crippen LogP contribution in [0.15, 0.2) is 158 Å². The van der Waals surface area contributed by atoms with E-state index in [2.05, 4.69) is 0 Å². The molecule has 2 nitrogen and oxygen atoms in total. The maximum absolute atomic E-state index is 15.7. The van der Waals surface area contributed by atoms with Crippen LogP contribution in [0.1, 0.15) is 33.4 Å². The molecule has 0 aliphatic heterocycles. The minimum absolute atomic E-state index is 0.0752. The average molecular weight is 1040 g/mol. The van der Waals surface area contributed by atoms with Gasteiger partial charge in [0.05, 0.1) is 66.8 Å². The molecule has 0 fully saturated rings. The first kappa shape index (κ1) is 49.7. The van der Waals surface area contributed by atoms with Crippen molar-refractivity contribution in [3.8, 4) is 44.8 Å². The van der Waals surface area contributed by atoms with E-state index < -0.39 is 98.4 Å². The summed E-state index contributed by atoms with van der Waals surface area (Å²) < 4.78 is 263. The van der Waals surface area contributed by atoms with E-state index in [-0.39, 0.29) is 67.2 Å². The van der Waals surface area contributed by atoms with Crippen LogP contribution in [0.2, 0.25) is 0 Å². The molecule has 0 aliphatic carbocycles. The van der Waals surface area contributed by atoms with Crippen LogP contribution in [0.25, 0.3) is 88.4 Å². The Labute approximate surface area is 403 Å². The van der Waals surface area contributed by atoms with Gasteiger partial charge in [-0.3, -0.25) is 0 Å². The van der Waals surface area contributed by atoms with Crippen LogP contribution in [-0.4, -0.2) is 9.13 Å². The molecule has 0 saturated heterocycles. The fourth-order valence-electron chi connectivity index (χ4n) is 9.48. The third-order valence-electron chi connectivity index (χ3n) is 12.7. The van der Waals surface area contributed by atoms with Crippen molar-refractivity contribution in [2.75, 3.05) is 0 Å². The number of rotatable bonds is 5. The molecule has 378 valence electrons. The van der Waals surface area contributed by atoms with Crippen molar-refractivity contribution in [1.29, 1.82) is 0 Å². The van der Waals surface area contributed by atoms with Crippen molar-refractivity contribution in [3.63, 3.8) is 0 Å². The number of hydrogen-bond donors (Lipinski definition) is 0. The maximum atomic E-state index is 15.7. The third-order valence-corrected chi connectivity index (χ3v) is 12.7. The van der Waals surface area contributed by atoms with Crippen molar-refractivity contribution in [3.05, 3.63) is 191 Å². The molecule has 0 bridgehead atoms. The summed E-state index contributed by atoms with van der Waals surface area (Å²) in [5, 5.41) is 1.02. The number of nitrogens with zero attached hydrogens (tertiary/aromatic N) is 2. The summed E-state index contributed by atoms with van der Waals surface area (Å²) in [7, 11) is 0. The predicted molar refractivity (Wildman–Crippen MR) is 241 cm³/mol. The Morgan fingerprint density at radius 3 is 1.03 bits per heavy atom. The molecule has 0 spiro atoms. The minimum Gasteiger partial charge on any atom is -0.307 e. The summed E-state index contributed by atoms with van der Waals surface area (Å²) in [4.78, 5) is 0. The second-order valence-corrected chi connectivity index (χ2v) is 17.1. The van der Waals surface area contributed by atoms with Crippen LogP contribution >= 0.6 is 0 Å². The SMILES string of the molecule is FC(F)(F)c1cccc(-c2cc(-n3c4ccccc4c4ccc(-c5ccc(C(F)(F)F)cc5C(F)(F)F)cc43)c(-n3c4ccccc4c4ccc(-c5ccc(C(F)(F)F)cc5C(F)(F)F)cc43)cc2C(F)(F)F)c1. The number of aromatic nitrogens is 2. The molecule has 0 unspecified atom stereocenters. The highest BCUT2D eigenvalue weighted by molar-refractivity contribution is 6.13. The number of para-hydroxylation sites is 2. The zero-order chi connectivity index (χ0) is 53.2. The highest BCUT2D eigenvalue weighted by Crippen LogP contribution is 2.49. The maximum Gasteiger partial charge on any atom is 0.417 e. The third kappa shape index (κ3) is 8.62. The van der Waals surface area contributed by atoms with Crippen molar-refractivity contribution in [1.82, 2.24) is 9.13 Å². The Morgan fingerprint density at radius 2 is 0.608 bits per heavy atom. The van der Waals surface area contributed by atoms with E-state index in [1.165, 1.54) is 69.8 Å². The van der Waals surface area contributed by atoms with E-state index in [1.807, 2.05) is 0 Å². The smallest absolute Gasteiger partial charge is 0.307 e. The van der Waals surface area contributed by atoms with Gasteiger partial charge >= 0.3 is 37.1 Å². The van der Waals surface area contributed by atoms with Gasteiger partial charge in [0.2, 0.25) is 0 Å². The molecule has 0 saturated carbocycles. The number of fused-ring (bicyclic) bond motifs is 6. The number of hydrogen-bond acceptors (Lipinski definition) is 0. The Bertz CT molecular complexity index is 3880. The largest absolute Gasteiger partial charge is 0.417 e. The van der Waals surface area contributed by atoms with E-state index in [4.69, 9.17) is 0 Å². The fourth-order valence-corrected chi connectivity index (χ4v) is 9.48. The van der Waals surface area contributed by atoms with Crippen molar-refractivity contribution in [2.45, 2.75) is 37.1 Å². The van der Waals surface area contributed by atoms with Crippen LogP contribution in [0, 0.1) is 0 Å². The van der Waals surface area contributed by atoms with Gasteiger partial charge < -0.3 is 9.13 Å². The molecule has 0 N–H and O–H groups in total. The molecule has 0 atom stereocenters. The summed E-state index contributed by atoms with van der Waals surface area (Å²) in [6, 6.07) is 25.5. The molecule has 74 heavy (non-hydrogen) atoms. The topological polar surface area (TPSA) is 9.86 Å². The van der Waals surface area contributed by atoms with E-state index in [9.17, 15) is 65.9 Å². The van der Waals surface area contributed by atoms with Crippen LogP contribution in [0.4, 0.5) is 79.0 Å². The zero-order valence-electron chi connectivity index (χ0n) is 36.7. The summed E-state index contributed by atoms with van der Waals surface area (Å²) in [5.41, 5.74) is -13.9. The van der Waals surface area contributed by atoms with E-state index in [1.54, 1.807) is 12.1 Å². The lowest BCUT2D eigenvalue weighted by atomic mass is 9.95. The normalized spacial score (nSPS) is 13.3. The molecular weight excluding hydrogens is 1020 g/mol. The van der Waals surface area contributed by atoms with Gasteiger partial charge in [0.1, 0.15) is 0 Å². The highest BCUT2D eigenvalue weighted by Gasteiger charge is 2.41. The average Bonchev–Trinajstić information content (AvgIpc) is 3.83. The second kappa shape index (κ2) is 16.8. The summed E-state index contributed by atoms with van der Waals surface area (Å²) in [6.45, 7) is 0. The van der Waals surface area contributed by atoms with Crippen molar-refractivity contribution >= 4 is 43.6 Å². The standard InChI is InChI=1S/C54H26F18N2/c55-49(56,57)30-7-5-6-27(20-30)39-25-47(73-43-10-3-1-8-35(43)37-16-12-28(21-45(37)73)33-18-14-31(50(58,59)60)23-40(33)52(64,65)66)48(26-42(39)54(70,71)72)74-44-11-4-2-9-36(44)38-17-13-29(22-46(38)74)34-19-15-32(51(61,62)63)24-41(34)53(67,68)69/h1-26H.